The van der Waals surface area contributed by atoms with E-state index < -0.39 is 6.16 Å². The van der Waals surface area contributed by atoms with Gasteiger partial charge in [0.25, 0.3) is 0 Å². The first kappa shape index (κ1) is 16.3. The third kappa shape index (κ3) is 2.94. The number of aryl methyl sites for hydroxylation is 2. The van der Waals surface area contributed by atoms with Crippen LogP contribution in [0.3, 0.4) is 0 Å². The van der Waals surface area contributed by atoms with Gasteiger partial charge in [-0.3, -0.25) is 0 Å². The molecule has 0 radical (unpaired) electrons. The lowest BCUT2D eigenvalue weighted by atomic mass is 9.96. The van der Waals surface area contributed by atoms with Crippen LogP contribution in [0.5, 0.6) is 5.75 Å². The molecule has 0 aliphatic carbocycles. The van der Waals surface area contributed by atoms with Crippen LogP contribution in [0, 0.1) is 0 Å². The quantitative estimate of drug-likeness (QED) is 0.353. The molecule has 0 atom stereocenters. The minimum Gasteiger partial charge on any atom is -0.434 e. The fraction of sp³-hybridized carbons (Fsp3) is 0.286. The molecule has 0 amide bonds. The topological polar surface area (TPSA) is 35.5 Å². The summed E-state index contributed by atoms with van der Waals surface area (Å²) >= 11 is 0. The Labute approximate surface area is 142 Å². The predicted octanol–water partition coefficient (Wildman–Crippen LogP) is 5.65. The lowest BCUT2D eigenvalue weighted by molar-refractivity contribution is 0.105. The van der Waals surface area contributed by atoms with E-state index in [9.17, 15) is 4.79 Å². The van der Waals surface area contributed by atoms with Crippen LogP contribution >= 0.6 is 0 Å². The van der Waals surface area contributed by atoms with Crippen molar-refractivity contribution in [2.24, 2.45) is 0 Å². The largest absolute Gasteiger partial charge is 0.513 e. The summed E-state index contributed by atoms with van der Waals surface area (Å²) in [6.07, 6.45) is 1.18. The highest BCUT2D eigenvalue weighted by Crippen LogP contribution is 2.38. The molecule has 0 unspecified atom stereocenters. The van der Waals surface area contributed by atoms with Gasteiger partial charge < -0.3 is 9.47 Å². The van der Waals surface area contributed by atoms with Crippen LogP contribution in [0.25, 0.3) is 21.5 Å². The summed E-state index contributed by atoms with van der Waals surface area (Å²) in [4.78, 5) is 12.0. The number of benzene rings is 3. The molecule has 0 N–H and O–H groups in total. The lowest BCUT2D eigenvalue weighted by Gasteiger charge is -2.15. The lowest BCUT2D eigenvalue weighted by Crippen LogP contribution is -2.11. The van der Waals surface area contributed by atoms with Gasteiger partial charge in [0.1, 0.15) is 5.75 Å². The van der Waals surface area contributed by atoms with Gasteiger partial charge in [0.15, 0.2) is 0 Å². The van der Waals surface area contributed by atoms with E-state index in [-0.39, 0.29) is 0 Å². The average Bonchev–Trinajstić information content (AvgIpc) is 2.60. The molecule has 0 aromatic heterocycles. The molecular weight excluding hydrogens is 300 g/mol. The number of rotatable bonds is 4. The second kappa shape index (κ2) is 6.91. The van der Waals surface area contributed by atoms with Crippen molar-refractivity contribution >= 4 is 27.7 Å². The number of carbonyl (C=O) groups excluding carboxylic acids is 1. The number of hydrogen-bond donors (Lipinski definition) is 0. The van der Waals surface area contributed by atoms with Crippen LogP contribution in [0.15, 0.2) is 42.5 Å². The molecule has 0 aliphatic rings. The zero-order chi connectivity index (χ0) is 17.1. The summed E-state index contributed by atoms with van der Waals surface area (Å²) in [6.45, 7) is 6.30. The van der Waals surface area contributed by atoms with Crippen molar-refractivity contribution in [2.45, 2.75) is 33.6 Å². The molecule has 3 rings (SSSR count). The Hall–Kier alpha value is -2.55. The van der Waals surface area contributed by atoms with E-state index in [2.05, 4.69) is 44.2 Å². The molecule has 0 saturated carbocycles. The molecule has 0 saturated heterocycles. The van der Waals surface area contributed by atoms with Crippen molar-refractivity contribution in [2.75, 3.05) is 6.61 Å². The van der Waals surface area contributed by atoms with Crippen LogP contribution in [0.2, 0.25) is 0 Å². The zero-order valence-electron chi connectivity index (χ0n) is 14.4. The summed E-state index contributed by atoms with van der Waals surface area (Å²) in [5, 5.41) is 4.09. The van der Waals surface area contributed by atoms with Gasteiger partial charge in [-0.2, -0.15) is 0 Å². The molecular formula is C21H22O3. The van der Waals surface area contributed by atoms with E-state index in [0.29, 0.717) is 12.4 Å². The maximum atomic E-state index is 12.0. The summed E-state index contributed by atoms with van der Waals surface area (Å²) in [6, 6.07) is 14.6. The predicted molar refractivity (Wildman–Crippen MR) is 97.9 cm³/mol. The fourth-order valence-electron chi connectivity index (χ4n) is 3.11. The second-order valence-corrected chi connectivity index (χ2v) is 5.77. The number of carbonyl (C=O) groups is 1. The highest BCUT2D eigenvalue weighted by molar-refractivity contribution is 6.07. The smallest absolute Gasteiger partial charge is 0.434 e. The van der Waals surface area contributed by atoms with Gasteiger partial charge in [0.2, 0.25) is 0 Å². The summed E-state index contributed by atoms with van der Waals surface area (Å²) < 4.78 is 10.6. The van der Waals surface area contributed by atoms with Gasteiger partial charge in [-0.25, -0.2) is 4.79 Å². The van der Waals surface area contributed by atoms with E-state index in [0.717, 1.165) is 39.9 Å². The summed E-state index contributed by atoms with van der Waals surface area (Å²) in [5.74, 6) is 0.598. The normalized spacial score (nSPS) is 11.0. The Morgan fingerprint density at radius 2 is 1.79 bits per heavy atom. The molecule has 0 bridgehead atoms. The maximum absolute atomic E-state index is 12.0. The van der Waals surface area contributed by atoms with Crippen LogP contribution in [-0.4, -0.2) is 12.8 Å². The molecule has 3 aromatic carbocycles. The molecule has 0 spiro atoms. The average molecular weight is 322 g/mol. The van der Waals surface area contributed by atoms with Gasteiger partial charge in [-0.15, -0.1) is 0 Å². The van der Waals surface area contributed by atoms with Gasteiger partial charge in [0, 0.05) is 10.8 Å². The van der Waals surface area contributed by atoms with E-state index in [1.54, 1.807) is 6.92 Å². The van der Waals surface area contributed by atoms with Crippen LogP contribution in [0.4, 0.5) is 4.79 Å². The Morgan fingerprint density at radius 1 is 0.958 bits per heavy atom. The van der Waals surface area contributed by atoms with Crippen molar-refractivity contribution < 1.29 is 14.3 Å². The van der Waals surface area contributed by atoms with Crippen molar-refractivity contribution in [3.8, 4) is 5.75 Å². The highest BCUT2D eigenvalue weighted by Gasteiger charge is 2.16. The summed E-state index contributed by atoms with van der Waals surface area (Å²) in [5.41, 5.74) is 2.42. The molecule has 3 nitrogen and oxygen atoms in total. The first-order valence-electron chi connectivity index (χ1n) is 8.49. The SMILES string of the molecule is CCOC(=O)Oc1c2ccc(CC)cc2cc2cccc(CC)c12. The van der Waals surface area contributed by atoms with Crippen LogP contribution < -0.4 is 4.74 Å². The molecule has 3 aromatic rings. The van der Waals surface area contributed by atoms with Crippen molar-refractivity contribution in [1.29, 1.82) is 0 Å². The van der Waals surface area contributed by atoms with Crippen LogP contribution in [-0.2, 0) is 17.6 Å². The van der Waals surface area contributed by atoms with Crippen molar-refractivity contribution in [3.63, 3.8) is 0 Å². The van der Waals surface area contributed by atoms with E-state index >= 15 is 0 Å². The Morgan fingerprint density at radius 3 is 2.50 bits per heavy atom. The summed E-state index contributed by atoms with van der Waals surface area (Å²) in [7, 11) is 0. The Bertz CT molecular complexity index is 896. The Balaban J connectivity index is 2.32. The monoisotopic (exact) mass is 322 g/mol. The van der Waals surface area contributed by atoms with Gasteiger partial charge in [-0.1, -0.05) is 50.2 Å². The van der Waals surface area contributed by atoms with E-state index in [4.69, 9.17) is 9.47 Å². The minimum atomic E-state index is -0.656. The number of hydrogen-bond acceptors (Lipinski definition) is 3. The van der Waals surface area contributed by atoms with Crippen molar-refractivity contribution in [3.05, 3.63) is 53.6 Å². The first-order chi connectivity index (χ1) is 11.7. The maximum Gasteiger partial charge on any atom is 0.513 e. The number of fused-ring (bicyclic) bond motifs is 2. The molecule has 24 heavy (non-hydrogen) atoms. The molecule has 0 heterocycles. The van der Waals surface area contributed by atoms with Gasteiger partial charge in [0.05, 0.1) is 6.61 Å². The molecule has 124 valence electrons. The Kier molecular flexibility index (Phi) is 4.70. The van der Waals surface area contributed by atoms with Crippen molar-refractivity contribution in [1.82, 2.24) is 0 Å². The van der Waals surface area contributed by atoms with E-state index in [1.165, 1.54) is 5.56 Å². The third-order valence-corrected chi connectivity index (χ3v) is 4.32. The number of ether oxygens (including phenoxy) is 2. The third-order valence-electron chi connectivity index (χ3n) is 4.32. The van der Waals surface area contributed by atoms with E-state index in [1.807, 2.05) is 12.1 Å². The second-order valence-electron chi connectivity index (χ2n) is 5.77. The van der Waals surface area contributed by atoms with Gasteiger partial charge >= 0.3 is 6.16 Å². The van der Waals surface area contributed by atoms with Gasteiger partial charge in [-0.05, 0) is 47.7 Å². The molecule has 3 heteroatoms. The molecule has 0 fully saturated rings. The molecule has 0 aliphatic heterocycles. The van der Waals surface area contributed by atoms with Crippen LogP contribution in [0.1, 0.15) is 31.9 Å². The zero-order valence-corrected chi connectivity index (χ0v) is 14.4. The minimum absolute atomic E-state index is 0.294. The highest BCUT2D eigenvalue weighted by atomic mass is 16.7. The standard InChI is InChI=1S/C21H22O3/c1-4-14-10-11-18-17(12-14)13-16-9-7-8-15(5-2)19(16)20(18)24-21(22)23-6-3/h7-13H,4-6H2,1-3H3. The fourth-order valence-corrected chi connectivity index (χ4v) is 3.11. The first-order valence-corrected chi connectivity index (χ1v) is 8.49.